The molecule has 0 aliphatic rings. The molecule has 0 aliphatic carbocycles. The number of nitrogens with one attached hydrogen (secondary N) is 1. The van der Waals surface area contributed by atoms with Gasteiger partial charge in [0.2, 0.25) is 0 Å². The Balaban J connectivity index is 2.40. The number of hydrogen-bond donors (Lipinski definition) is 1. The van der Waals surface area contributed by atoms with Crippen LogP contribution in [0, 0.1) is 5.82 Å². The van der Waals surface area contributed by atoms with Crippen LogP contribution >= 0.6 is 11.6 Å². The molecule has 1 rings (SSSR count). The highest BCUT2D eigenvalue weighted by atomic mass is 35.5. The van der Waals surface area contributed by atoms with E-state index in [-0.39, 0.29) is 11.6 Å². The van der Waals surface area contributed by atoms with Gasteiger partial charge in [0.15, 0.2) is 6.61 Å². The third kappa shape index (κ3) is 4.78. The van der Waals surface area contributed by atoms with Gasteiger partial charge in [-0.25, -0.2) is 4.39 Å². The van der Waals surface area contributed by atoms with Crippen LogP contribution in [-0.2, 0) is 11.4 Å². The fraction of sp³-hybridized carbons (Fsp3) is 0.333. The molecule has 0 heterocycles. The second-order valence-corrected chi connectivity index (χ2v) is 3.37. The van der Waals surface area contributed by atoms with Gasteiger partial charge in [0.25, 0.3) is 0 Å². The molecular formula is C9H8ClF4NO. The van der Waals surface area contributed by atoms with Gasteiger partial charge >= 0.3 is 6.18 Å². The lowest BCUT2D eigenvalue weighted by atomic mass is 10.2. The van der Waals surface area contributed by atoms with Crippen LogP contribution in [0.15, 0.2) is 18.2 Å². The summed E-state index contributed by atoms with van der Waals surface area (Å²) in [6.07, 6.45) is -4.40. The summed E-state index contributed by atoms with van der Waals surface area (Å²) in [7, 11) is 0. The van der Waals surface area contributed by atoms with Gasteiger partial charge in [-0.1, -0.05) is 11.6 Å². The van der Waals surface area contributed by atoms with Gasteiger partial charge in [0, 0.05) is 11.6 Å². The van der Waals surface area contributed by atoms with E-state index in [1.807, 2.05) is 0 Å². The molecule has 0 aliphatic heterocycles. The summed E-state index contributed by atoms with van der Waals surface area (Å²) in [4.78, 5) is 4.14. The smallest absolute Gasteiger partial charge is 0.292 e. The van der Waals surface area contributed by atoms with E-state index in [0.717, 1.165) is 12.1 Å². The number of halogens is 5. The lowest BCUT2D eigenvalue weighted by Crippen LogP contribution is -2.24. The van der Waals surface area contributed by atoms with Crippen LogP contribution in [0.5, 0.6) is 0 Å². The Morgan fingerprint density at radius 2 is 2.00 bits per heavy atom. The van der Waals surface area contributed by atoms with Crippen LogP contribution in [0.1, 0.15) is 5.56 Å². The Labute approximate surface area is 94.1 Å². The minimum Gasteiger partial charge on any atom is -0.292 e. The van der Waals surface area contributed by atoms with Crippen molar-refractivity contribution in [3.63, 3.8) is 0 Å². The summed E-state index contributed by atoms with van der Waals surface area (Å²) in [6, 6.07) is 3.59. The number of hydrogen-bond acceptors (Lipinski definition) is 2. The third-order valence-electron chi connectivity index (χ3n) is 1.61. The molecule has 0 radical (unpaired) electrons. The van der Waals surface area contributed by atoms with Crippen molar-refractivity contribution >= 4 is 11.6 Å². The van der Waals surface area contributed by atoms with E-state index in [0.29, 0.717) is 5.56 Å². The molecule has 0 fully saturated rings. The van der Waals surface area contributed by atoms with E-state index in [1.54, 1.807) is 0 Å². The van der Waals surface area contributed by atoms with Crippen molar-refractivity contribution in [1.29, 1.82) is 0 Å². The van der Waals surface area contributed by atoms with Gasteiger partial charge in [-0.2, -0.15) is 18.7 Å². The zero-order chi connectivity index (χ0) is 12.2. The molecule has 0 amide bonds. The minimum atomic E-state index is -4.40. The van der Waals surface area contributed by atoms with Crippen molar-refractivity contribution in [2.45, 2.75) is 12.7 Å². The van der Waals surface area contributed by atoms with E-state index in [9.17, 15) is 17.6 Å². The molecule has 2 nitrogen and oxygen atoms in total. The first-order chi connectivity index (χ1) is 7.38. The molecule has 90 valence electrons. The molecule has 1 aromatic rings. The number of rotatable bonds is 4. The largest absolute Gasteiger partial charge is 0.413 e. The molecule has 0 saturated heterocycles. The Bertz CT molecular complexity index is 356. The zero-order valence-corrected chi connectivity index (χ0v) is 8.70. The fourth-order valence-electron chi connectivity index (χ4n) is 0.940. The van der Waals surface area contributed by atoms with Crippen molar-refractivity contribution in [2.75, 3.05) is 6.61 Å². The lowest BCUT2D eigenvalue weighted by molar-refractivity contribution is -0.190. The SMILES string of the molecule is Fc1ccc(Cl)c(CNOCC(F)(F)F)c1. The van der Waals surface area contributed by atoms with Crippen molar-refractivity contribution in [3.05, 3.63) is 34.6 Å². The predicted octanol–water partition coefficient (Wildman–Crippen LogP) is 3.06. The molecule has 0 unspecified atom stereocenters. The summed E-state index contributed by atoms with van der Waals surface area (Å²) < 4.78 is 47.8. The highest BCUT2D eigenvalue weighted by Crippen LogP contribution is 2.17. The number of benzene rings is 1. The monoisotopic (exact) mass is 257 g/mol. The lowest BCUT2D eigenvalue weighted by Gasteiger charge is -2.09. The Hall–Kier alpha value is -0.850. The Morgan fingerprint density at radius 3 is 2.62 bits per heavy atom. The van der Waals surface area contributed by atoms with Crippen LogP contribution in [0.2, 0.25) is 5.02 Å². The van der Waals surface area contributed by atoms with Crippen LogP contribution in [0.25, 0.3) is 0 Å². The summed E-state index contributed by atoms with van der Waals surface area (Å²) >= 11 is 5.68. The maximum absolute atomic E-state index is 12.7. The standard InChI is InChI=1S/C9H8ClF4NO/c10-8-2-1-7(11)3-6(8)4-15-16-5-9(12,13)14/h1-3,15H,4-5H2. The van der Waals surface area contributed by atoms with Crippen molar-refractivity contribution in [3.8, 4) is 0 Å². The second kappa shape index (κ2) is 5.47. The van der Waals surface area contributed by atoms with Gasteiger partial charge in [0.05, 0.1) is 0 Å². The highest BCUT2D eigenvalue weighted by molar-refractivity contribution is 6.31. The summed E-state index contributed by atoms with van der Waals surface area (Å²) in [5.74, 6) is -0.517. The first kappa shape index (κ1) is 13.2. The van der Waals surface area contributed by atoms with Gasteiger partial charge in [-0.05, 0) is 23.8 Å². The number of hydroxylamine groups is 1. The maximum atomic E-state index is 12.7. The van der Waals surface area contributed by atoms with Gasteiger partial charge < -0.3 is 0 Å². The van der Waals surface area contributed by atoms with Gasteiger partial charge in [-0.15, -0.1) is 0 Å². The molecule has 0 aromatic heterocycles. The minimum absolute atomic E-state index is 0.104. The normalized spacial score (nSPS) is 11.8. The maximum Gasteiger partial charge on any atom is 0.413 e. The van der Waals surface area contributed by atoms with E-state index in [2.05, 4.69) is 10.3 Å². The van der Waals surface area contributed by atoms with E-state index >= 15 is 0 Å². The molecule has 1 N–H and O–H groups in total. The molecule has 0 atom stereocenters. The topological polar surface area (TPSA) is 21.3 Å². The van der Waals surface area contributed by atoms with E-state index in [4.69, 9.17) is 11.6 Å². The zero-order valence-electron chi connectivity index (χ0n) is 7.94. The van der Waals surface area contributed by atoms with Crippen LogP contribution in [0.3, 0.4) is 0 Å². The van der Waals surface area contributed by atoms with Crippen LogP contribution in [-0.4, -0.2) is 12.8 Å². The van der Waals surface area contributed by atoms with Crippen molar-refractivity contribution in [2.24, 2.45) is 0 Å². The first-order valence-electron chi connectivity index (χ1n) is 4.24. The van der Waals surface area contributed by atoms with E-state index in [1.165, 1.54) is 6.07 Å². The molecule has 16 heavy (non-hydrogen) atoms. The Morgan fingerprint density at radius 1 is 1.31 bits per heavy atom. The second-order valence-electron chi connectivity index (χ2n) is 2.96. The average Bonchev–Trinajstić information content (AvgIpc) is 2.16. The van der Waals surface area contributed by atoms with Crippen LogP contribution < -0.4 is 5.48 Å². The van der Waals surface area contributed by atoms with Crippen molar-refractivity contribution in [1.82, 2.24) is 5.48 Å². The van der Waals surface area contributed by atoms with Crippen LogP contribution in [0.4, 0.5) is 17.6 Å². The third-order valence-corrected chi connectivity index (χ3v) is 1.98. The fourth-order valence-corrected chi connectivity index (χ4v) is 1.12. The molecule has 0 saturated carbocycles. The Kier molecular flexibility index (Phi) is 4.52. The molecule has 0 spiro atoms. The van der Waals surface area contributed by atoms with Crippen molar-refractivity contribution < 1.29 is 22.4 Å². The number of alkyl halides is 3. The summed E-state index contributed by atoms with van der Waals surface area (Å²) in [5.41, 5.74) is 2.38. The molecular weight excluding hydrogens is 250 g/mol. The first-order valence-corrected chi connectivity index (χ1v) is 4.61. The highest BCUT2D eigenvalue weighted by Gasteiger charge is 2.27. The summed E-state index contributed by atoms with van der Waals surface area (Å²) in [6.45, 7) is -1.52. The molecule has 1 aromatic carbocycles. The average molecular weight is 258 g/mol. The predicted molar refractivity (Wildman–Crippen MR) is 50.3 cm³/mol. The van der Waals surface area contributed by atoms with Gasteiger partial charge in [-0.3, -0.25) is 4.84 Å². The van der Waals surface area contributed by atoms with E-state index < -0.39 is 18.6 Å². The molecule has 0 bridgehead atoms. The van der Waals surface area contributed by atoms with Gasteiger partial charge in [0.1, 0.15) is 5.82 Å². The molecule has 7 heteroatoms. The summed E-state index contributed by atoms with van der Waals surface area (Å²) in [5, 5.41) is 0.254. The quantitative estimate of drug-likeness (QED) is 0.508.